The van der Waals surface area contributed by atoms with Crippen molar-refractivity contribution in [2.75, 3.05) is 12.4 Å². The first kappa shape index (κ1) is 28.2. The number of nitrogens with zero attached hydrogens (tertiary/aromatic N) is 3. The van der Waals surface area contributed by atoms with Crippen LogP contribution in [0.4, 0.5) is 5.69 Å². The minimum absolute atomic E-state index is 0.0168. The van der Waals surface area contributed by atoms with Gasteiger partial charge in [-0.3, -0.25) is 4.79 Å². The van der Waals surface area contributed by atoms with Crippen LogP contribution < -0.4 is 5.32 Å². The maximum atomic E-state index is 11.8. The Kier molecular flexibility index (Phi) is 8.85. The van der Waals surface area contributed by atoms with Gasteiger partial charge < -0.3 is 25.4 Å². The number of ether oxygens (including phenoxy) is 1. The van der Waals surface area contributed by atoms with Crippen molar-refractivity contribution >= 4 is 17.6 Å². The van der Waals surface area contributed by atoms with E-state index in [-0.39, 0.29) is 34.9 Å². The molecule has 10 heteroatoms. The fraction of sp³-hybridized carbons (Fsp3) is 0.0645. The molecular weight excluding hydrogens is 524 g/mol. The lowest BCUT2D eigenvalue weighted by Crippen LogP contribution is -2.05. The number of carbonyl (C=O) groups excluding carboxylic acids is 2. The molecule has 10 nitrogen and oxygen atoms in total. The molecule has 41 heavy (non-hydrogen) atoms. The van der Waals surface area contributed by atoms with E-state index in [0.29, 0.717) is 33.7 Å². The number of amides is 1. The lowest BCUT2D eigenvalue weighted by molar-refractivity contribution is -0.114. The number of hydrogen-bond acceptors (Lipinski definition) is 9. The third-order valence-electron chi connectivity index (χ3n) is 5.66. The van der Waals surface area contributed by atoms with Gasteiger partial charge in [0.25, 0.3) is 0 Å². The van der Waals surface area contributed by atoms with Crippen molar-refractivity contribution in [2.24, 2.45) is 0 Å². The number of aromatic hydroxyl groups is 3. The van der Waals surface area contributed by atoms with Crippen LogP contribution in [0.1, 0.15) is 17.3 Å². The highest BCUT2D eigenvalue weighted by Gasteiger charge is 2.17. The molecule has 5 rings (SSSR count). The van der Waals surface area contributed by atoms with Crippen molar-refractivity contribution < 1.29 is 29.6 Å². The predicted molar refractivity (Wildman–Crippen MR) is 153 cm³/mol. The Labute approximate surface area is 235 Å². The van der Waals surface area contributed by atoms with Crippen molar-refractivity contribution in [1.29, 1.82) is 0 Å². The number of methoxy groups -OCH3 is 1. The minimum Gasteiger partial charge on any atom is -0.508 e. The summed E-state index contributed by atoms with van der Waals surface area (Å²) in [7, 11) is 1.30. The second-order valence-electron chi connectivity index (χ2n) is 8.64. The van der Waals surface area contributed by atoms with Gasteiger partial charge in [-0.15, -0.1) is 0 Å². The number of esters is 1. The number of anilines is 1. The summed E-state index contributed by atoms with van der Waals surface area (Å²) >= 11 is 0. The maximum absolute atomic E-state index is 11.8. The highest BCUT2D eigenvalue weighted by molar-refractivity contribution is 5.90. The summed E-state index contributed by atoms with van der Waals surface area (Å²) in [6.07, 6.45) is 0. The van der Waals surface area contributed by atoms with Gasteiger partial charge in [0.05, 0.1) is 23.8 Å². The van der Waals surface area contributed by atoms with Gasteiger partial charge in [0.15, 0.2) is 17.5 Å². The first-order valence-electron chi connectivity index (χ1n) is 12.3. The topological polar surface area (TPSA) is 155 Å². The summed E-state index contributed by atoms with van der Waals surface area (Å²) in [5.74, 6) is 0.0403. The van der Waals surface area contributed by atoms with E-state index in [1.807, 2.05) is 6.07 Å². The molecule has 0 aliphatic carbocycles. The fourth-order valence-corrected chi connectivity index (χ4v) is 3.71. The Morgan fingerprint density at radius 3 is 1.80 bits per heavy atom. The van der Waals surface area contributed by atoms with Crippen LogP contribution in [0.3, 0.4) is 0 Å². The summed E-state index contributed by atoms with van der Waals surface area (Å²) < 4.78 is 4.73. The largest absolute Gasteiger partial charge is 0.508 e. The number of carbonyl (C=O) groups is 2. The number of rotatable bonds is 5. The van der Waals surface area contributed by atoms with Gasteiger partial charge in [0.2, 0.25) is 5.91 Å². The van der Waals surface area contributed by atoms with E-state index < -0.39 is 5.97 Å². The molecule has 0 atom stereocenters. The molecule has 0 saturated heterocycles. The molecule has 0 aliphatic heterocycles. The minimum atomic E-state index is -0.470. The van der Waals surface area contributed by atoms with E-state index in [1.165, 1.54) is 26.2 Å². The summed E-state index contributed by atoms with van der Waals surface area (Å²) in [5, 5.41) is 32.2. The first-order valence-corrected chi connectivity index (χ1v) is 12.3. The fourth-order valence-electron chi connectivity index (χ4n) is 3.71. The van der Waals surface area contributed by atoms with Crippen LogP contribution in [0.2, 0.25) is 0 Å². The standard InChI is InChI=1S/C25H20N4O5.C6H6O/c1-14(30)26-17-11-12-19(21(32)13-17)24-28-22(15-7-9-16(10-8-15)25(33)34-2)27-23(29-24)18-5-3-4-6-20(18)31;7-6-4-2-1-3-5-6/h3-13,31-32H,1-2H3,(H,26,30);1-5,7H. The van der Waals surface area contributed by atoms with Crippen molar-refractivity contribution in [1.82, 2.24) is 15.0 Å². The van der Waals surface area contributed by atoms with Crippen molar-refractivity contribution in [3.8, 4) is 51.4 Å². The van der Waals surface area contributed by atoms with Gasteiger partial charge in [-0.1, -0.05) is 42.5 Å². The van der Waals surface area contributed by atoms with Gasteiger partial charge in [-0.05, 0) is 48.5 Å². The molecule has 0 unspecified atom stereocenters. The van der Waals surface area contributed by atoms with Gasteiger partial charge in [-0.25, -0.2) is 19.7 Å². The number of aromatic nitrogens is 3. The molecule has 1 aromatic heterocycles. The summed E-state index contributed by atoms with van der Waals surface area (Å²) in [4.78, 5) is 36.6. The SMILES string of the molecule is COC(=O)c1ccc(-c2nc(-c3ccccc3O)nc(-c3ccc(NC(C)=O)cc3O)n2)cc1.Oc1ccccc1. The van der Waals surface area contributed by atoms with E-state index in [9.17, 15) is 19.8 Å². The predicted octanol–water partition coefficient (Wildman–Crippen LogP) is 5.42. The summed E-state index contributed by atoms with van der Waals surface area (Å²) in [6.45, 7) is 1.37. The van der Waals surface area contributed by atoms with E-state index in [4.69, 9.17) is 9.84 Å². The zero-order valence-electron chi connectivity index (χ0n) is 22.1. The monoisotopic (exact) mass is 550 g/mol. The van der Waals surface area contributed by atoms with Crippen LogP contribution in [-0.4, -0.2) is 49.3 Å². The molecular formula is C31H26N4O6. The van der Waals surface area contributed by atoms with Crippen molar-refractivity contribution in [3.63, 3.8) is 0 Å². The van der Waals surface area contributed by atoms with Gasteiger partial charge in [-0.2, -0.15) is 0 Å². The average molecular weight is 551 g/mol. The summed E-state index contributed by atoms with van der Waals surface area (Å²) in [6, 6.07) is 26.4. The van der Waals surface area contributed by atoms with Gasteiger partial charge >= 0.3 is 5.97 Å². The van der Waals surface area contributed by atoms with Crippen molar-refractivity contribution in [2.45, 2.75) is 6.92 Å². The molecule has 0 aliphatic rings. The highest BCUT2D eigenvalue weighted by Crippen LogP contribution is 2.33. The van der Waals surface area contributed by atoms with Crippen LogP contribution in [0.15, 0.2) is 97.1 Å². The normalized spacial score (nSPS) is 10.2. The van der Waals surface area contributed by atoms with E-state index in [0.717, 1.165) is 0 Å². The lowest BCUT2D eigenvalue weighted by atomic mass is 10.1. The maximum Gasteiger partial charge on any atom is 0.337 e. The van der Waals surface area contributed by atoms with Crippen LogP contribution in [0.25, 0.3) is 34.2 Å². The van der Waals surface area contributed by atoms with E-state index in [1.54, 1.807) is 78.9 Å². The number of nitrogens with one attached hydrogen (secondary N) is 1. The van der Waals surface area contributed by atoms with Crippen LogP contribution in [0, 0.1) is 0 Å². The third kappa shape index (κ3) is 7.21. The molecule has 0 spiro atoms. The van der Waals surface area contributed by atoms with Crippen LogP contribution in [0.5, 0.6) is 17.2 Å². The Hall–Kier alpha value is -5.77. The van der Waals surface area contributed by atoms with Gasteiger partial charge in [0.1, 0.15) is 17.2 Å². The Morgan fingerprint density at radius 2 is 1.27 bits per heavy atom. The summed E-state index contributed by atoms with van der Waals surface area (Å²) in [5.41, 5.74) is 2.06. The molecule has 1 heterocycles. The molecule has 206 valence electrons. The van der Waals surface area contributed by atoms with E-state index in [2.05, 4.69) is 20.3 Å². The third-order valence-corrected chi connectivity index (χ3v) is 5.66. The van der Waals surface area contributed by atoms with Crippen LogP contribution >= 0.6 is 0 Å². The molecule has 0 fully saturated rings. The zero-order chi connectivity index (χ0) is 29.4. The molecule has 4 N–H and O–H groups in total. The second kappa shape index (κ2) is 12.9. The van der Waals surface area contributed by atoms with E-state index >= 15 is 0 Å². The number of benzene rings is 4. The first-order chi connectivity index (χ1) is 19.7. The lowest BCUT2D eigenvalue weighted by Gasteiger charge is -2.11. The zero-order valence-corrected chi connectivity index (χ0v) is 22.1. The average Bonchev–Trinajstić information content (AvgIpc) is 2.97. The molecule has 4 aromatic carbocycles. The molecule has 1 amide bonds. The van der Waals surface area contributed by atoms with Gasteiger partial charge in [0, 0.05) is 24.2 Å². The van der Waals surface area contributed by atoms with Crippen LogP contribution in [-0.2, 0) is 9.53 Å². The molecule has 0 saturated carbocycles. The second-order valence-corrected chi connectivity index (χ2v) is 8.64. The number of phenols is 3. The Bertz CT molecular complexity index is 1670. The smallest absolute Gasteiger partial charge is 0.337 e. The molecule has 5 aromatic rings. The number of phenolic OH excluding ortho intramolecular Hbond substituents is 3. The highest BCUT2D eigenvalue weighted by atomic mass is 16.5. The number of hydrogen-bond donors (Lipinski definition) is 4. The number of para-hydroxylation sites is 2. The molecule has 0 radical (unpaired) electrons. The Morgan fingerprint density at radius 1 is 0.683 bits per heavy atom. The van der Waals surface area contributed by atoms with Crippen molar-refractivity contribution in [3.05, 3.63) is 103 Å². The quantitative estimate of drug-likeness (QED) is 0.210. The Balaban J connectivity index is 0.000000483. The molecule has 0 bridgehead atoms.